The number of aliphatic hydroxyl groups is 1. The number of amides is 1. The number of thiophene rings is 1. The molecule has 0 saturated heterocycles. The average molecular weight is 255 g/mol. The molecule has 0 spiro atoms. The number of aryl methyl sites for hydroxylation is 2. The summed E-state index contributed by atoms with van der Waals surface area (Å²) in [5.74, 6) is -0.108. The van der Waals surface area contributed by atoms with Crippen molar-refractivity contribution in [1.29, 1.82) is 0 Å². The van der Waals surface area contributed by atoms with Crippen LogP contribution in [0.3, 0.4) is 0 Å². The van der Waals surface area contributed by atoms with Crippen LogP contribution < -0.4 is 5.32 Å². The van der Waals surface area contributed by atoms with E-state index >= 15 is 0 Å². The molecule has 1 unspecified atom stereocenters. The molecule has 0 fully saturated rings. The third-order valence-corrected chi connectivity index (χ3v) is 4.43. The van der Waals surface area contributed by atoms with Gasteiger partial charge in [0, 0.05) is 4.88 Å². The van der Waals surface area contributed by atoms with E-state index in [1.165, 1.54) is 16.2 Å². The highest BCUT2D eigenvalue weighted by atomic mass is 32.1. The fourth-order valence-electron chi connectivity index (χ4n) is 1.44. The second kappa shape index (κ2) is 5.19. The van der Waals surface area contributed by atoms with Gasteiger partial charge in [-0.1, -0.05) is 6.92 Å². The number of hydrogen-bond donors (Lipinski definition) is 2. The Morgan fingerprint density at radius 3 is 2.59 bits per heavy atom. The lowest BCUT2D eigenvalue weighted by Gasteiger charge is -2.29. The molecule has 0 aromatic carbocycles. The van der Waals surface area contributed by atoms with Crippen molar-refractivity contribution in [2.45, 2.75) is 52.7 Å². The molecule has 1 aromatic heterocycles. The molecule has 0 aliphatic rings. The van der Waals surface area contributed by atoms with Crippen LogP contribution in [-0.4, -0.2) is 22.7 Å². The van der Waals surface area contributed by atoms with E-state index < -0.39 is 11.6 Å². The van der Waals surface area contributed by atoms with Crippen molar-refractivity contribution in [2.24, 2.45) is 0 Å². The van der Waals surface area contributed by atoms with Gasteiger partial charge in [0.05, 0.1) is 16.5 Å². The van der Waals surface area contributed by atoms with Gasteiger partial charge in [-0.2, -0.15) is 0 Å². The molecule has 1 aromatic rings. The first-order chi connectivity index (χ1) is 7.77. The fraction of sp³-hybridized carbons (Fsp3) is 0.615. The minimum absolute atomic E-state index is 0.108. The van der Waals surface area contributed by atoms with Gasteiger partial charge in [-0.3, -0.25) is 4.79 Å². The zero-order valence-corrected chi connectivity index (χ0v) is 11.9. The Bertz CT molecular complexity index is 408. The number of hydrogen-bond acceptors (Lipinski definition) is 3. The van der Waals surface area contributed by atoms with E-state index in [0.717, 1.165) is 12.0 Å². The van der Waals surface area contributed by atoms with Gasteiger partial charge in [0.25, 0.3) is 5.91 Å². The van der Waals surface area contributed by atoms with Crippen LogP contribution in [0.1, 0.15) is 47.8 Å². The summed E-state index contributed by atoms with van der Waals surface area (Å²) in [6.07, 6.45) is 0.363. The van der Waals surface area contributed by atoms with Crippen molar-refractivity contribution >= 4 is 17.2 Å². The highest BCUT2D eigenvalue weighted by molar-refractivity contribution is 7.14. The van der Waals surface area contributed by atoms with Crippen molar-refractivity contribution in [3.8, 4) is 0 Å². The third kappa shape index (κ3) is 3.30. The smallest absolute Gasteiger partial charge is 0.261 e. The van der Waals surface area contributed by atoms with Gasteiger partial charge in [-0.15, -0.1) is 11.3 Å². The van der Waals surface area contributed by atoms with Crippen LogP contribution in [0.4, 0.5) is 0 Å². The molecule has 0 saturated carbocycles. The highest BCUT2D eigenvalue weighted by Gasteiger charge is 2.27. The zero-order chi connectivity index (χ0) is 13.2. The second-order valence-corrected chi connectivity index (χ2v) is 6.06. The van der Waals surface area contributed by atoms with Gasteiger partial charge in [-0.25, -0.2) is 0 Å². The summed E-state index contributed by atoms with van der Waals surface area (Å²) in [4.78, 5) is 14.0. The fourth-order valence-corrected chi connectivity index (χ4v) is 2.45. The average Bonchev–Trinajstić information content (AvgIpc) is 2.58. The van der Waals surface area contributed by atoms with Crippen molar-refractivity contribution in [1.82, 2.24) is 5.32 Å². The summed E-state index contributed by atoms with van der Waals surface area (Å²) < 4.78 is 0. The van der Waals surface area contributed by atoms with Crippen LogP contribution in [0, 0.1) is 6.92 Å². The van der Waals surface area contributed by atoms with E-state index in [1.54, 1.807) is 6.92 Å². The first-order valence-corrected chi connectivity index (χ1v) is 6.69. The van der Waals surface area contributed by atoms with E-state index in [1.807, 2.05) is 26.8 Å². The van der Waals surface area contributed by atoms with Crippen molar-refractivity contribution in [2.75, 3.05) is 0 Å². The van der Waals surface area contributed by atoms with Crippen molar-refractivity contribution in [3.63, 3.8) is 0 Å². The molecule has 1 amide bonds. The molecular weight excluding hydrogens is 234 g/mol. The Labute approximate surface area is 107 Å². The number of carbonyl (C=O) groups is 1. The van der Waals surface area contributed by atoms with E-state index in [9.17, 15) is 9.90 Å². The van der Waals surface area contributed by atoms with Crippen LogP contribution in [0.2, 0.25) is 0 Å². The van der Waals surface area contributed by atoms with Gasteiger partial charge >= 0.3 is 0 Å². The van der Waals surface area contributed by atoms with Crippen LogP contribution >= 0.6 is 11.3 Å². The monoisotopic (exact) mass is 255 g/mol. The predicted molar refractivity (Wildman–Crippen MR) is 71.7 cm³/mol. The molecule has 0 bridgehead atoms. The molecule has 0 aliphatic heterocycles. The molecule has 17 heavy (non-hydrogen) atoms. The lowest BCUT2D eigenvalue weighted by atomic mass is 9.99. The molecule has 3 nitrogen and oxygen atoms in total. The maximum absolute atomic E-state index is 12.0. The summed E-state index contributed by atoms with van der Waals surface area (Å²) in [6, 6.07) is 1.91. The lowest BCUT2D eigenvalue weighted by molar-refractivity contribution is 0.0712. The molecule has 1 heterocycles. The number of carbonyl (C=O) groups excluding carboxylic acids is 1. The van der Waals surface area contributed by atoms with Crippen molar-refractivity contribution in [3.05, 3.63) is 21.4 Å². The molecule has 2 N–H and O–H groups in total. The first-order valence-electron chi connectivity index (χ1n) is 5.87. The number of rotatable bonds is 4. The van der Waals surface area contributed by atoms with E-state index in [-0.39, 0.29) is 5.91 Å². The summed E-state index contributed by atoms with van der Waals surface area (Å²) in [7, 11) is 0. The summed E-state index contributed by atoms with van der Waals surface area (Å²) in [5, 5.41) is 12.4. The highest BCUT2D eigenvalue weighted by Crippen LogP contribution is 2.23. The van der Waals surface area contributed by atoms with Gasteiger partial charge in [0.1, 0.15) is 0 Å². The largest absolute Gasteiger partial charge is 0.391 e. The normalized spacial score (nSPS) is 13.5. The molecule has 1 atom stereocenters. The lowest BCUT2D eigenvalue weighted by Crippen LogP contribution is -2.50. The Kier molecular flexibility index (Phi) is 4.33. The molecule has 1 rings (SSSR count). The van der Waals surface area contributed by atoms with Crippen LogP contribution in [-0.2, 0) is 6.42 Å². The third-order valence-electron chi connectivity index (χ3n) is 3.05. The Balaban J connectivity index is 2.83. The first kappa shape index (κ1) is 14.2. The topological polar surface area (TPSA) is 49.3 Å². The van der Waals surface area contributed by atoms with Gasteiger partial charge in [0.15, 0.2) is 0 Å². The van der Waals surface area contributed by atoms with E-state index in [2.05, 4.69) is 12.2 Å². The SMILES string of the molecule is CCc1sc(C(=O)NC(C)(C)C(C)O)cc1C. The Morgan fingerprint density at radius 2 is 2.18 bits per heavy atom. The quantitative estimate of drug-likeness (QED) is 0.868. The van der Waals surface area contributed by atoms with E-state index in [0.29, 0.717) is 4.88 Å². The summed E-state index contributed by atoms with van der Waals surface area (Å²) >= 11 is 1.53. The van der Waals surface area contributed by atoms with Gasteiger partial charge in [-0.05, 0) is 45.7 Å². The van der Waals surface area contributed by atoms with Crippen LogP contribution in [0.5, 0.6) is 0 Å². The zero-order valence-electron chi connectivity index (χ0n) is 11.1. The molecular formula is C13H21NO2S. The predicted octanol–water partition coefficient (Wildman–Crippen LogP) is 2.51. The van der Waals surface area contributed by atoms with Gasteiger partial charge in [0.2, 0.25) is 0 Å². The van der Waals surface area contributed by atoms with Crippen LogP contribution in [0.25, 0.3) is 0 Å². The summed E-state index contributed by atoms with van der Waals surface area (Å²) in [5.41, 5.74) is 0.555. The number of aliphatic hydroxyl groups excluding tert-OH is 1. The molecule has 0 aliphatic carbocycles. The minimum Gasteiger partial charge on any atom is -0.391 e. The maximum Gasteiger partial charge on any atom is 0.261 e. The van der Waals surface area contributed by atoms with E-state index in [4.69, 9.17) is 0 Å². The molecule has 0 radical (unpaired) electrons. The standard InChI is InChI=1S/C13H21NO2S/c1-6-10-8(2)7-11(17-10)12(16)14-13(4,5)9(3)15/h7,9,15H,6H2,1-5H3,(H,14,16). The maximum atomic E-state index is 12.0. The van der Waals surface area contributed by atoms with Gasteiger partial charge < -0.3 is 10.4 Å². The second-order valence-electron chi connectivity index (χ2n) is 4.92. The summed E-state index contributed by atoms with van der Waals surface area (Å²) in [6.45, 7) is 9.41. The molecule has 96 valence electrons. The minimum atomic E-state index is -0.610. The Hall–Kier alpha value is -0.870. The Morgan fingerprint density at radius 1 is 1.59 bits per heavy atom. The number of nitrogens with one attached hydrogen (secondary N) is 1. The molecule has 4 heteroatoms. The van der Waals surface area contributed by atoms with Crippen molar-refractivity contribution < 1.29 is 9.90 Å². The van der Waals surface area contributed by atoms with Crippen LogP contribution in [0.15, 0.2) is 6.07 Å².